The van der Waals surface area contributed by atoms with E-state index >= 15 is 0 Å². The van der Waals surface area contributed by atoms with Crippen LogP contribution in [0.2, 0.25) is 0 Å². The molecule has 152 valence electrons. The average molecular weight is 411 g/mol. The van der Waals surface area contributed by atoms with Crippen LogP contribution in [0, 0.1) is 12.7 Å². The van der Waals surface area contributed by atoms with Crippen LogP contribution in [0.3, 0.4) is 0 Å². The van der Waals surface area contributed by atoms with Crippen LogP contribution in [0.4, 0.5) is 23.2 Å². The van der Waals surface area contributed by atoms with Gasteiger partial charge in [-0.3, -0.25) is 4.79 Å². The standard InChI is InChI=1S/C24H17F4NO/c1-15-2-4-16(5-3-15)21-14-29(20-12-8-18(9-13-20)24(26,27)28)23(30)22(21)17-6-10-19(25)11-7-17/h2-13H,14H2,1H3. The van der Waals surface area contributed by atoms with E-state index in [0.29, 0.717) is 16.8 Å². The smallest absolute Gasteiger partial charge is 0.304 e. The molecule has 0 atom stereocenters. The van der Waals surface area contributed by atoms with Crippen LogP contribution < -0.4 is 4.90 Å². The zero-order chi connectivity index (χ0) is 21.5. The van der Waals surface area contributed by atoms with E-state index in [-0.39, 0.29) is 12.5 Å². The zero-order valence-corrected chi connectivity index (χ0v) is 16.0. The molecule has 4 rings (SSSR count). The van der Waals surface area contributed by atoms with E-state index in [9.17, 15) is 22.4 Å². The minimum Gasteiger partial charge on any atom is -0.304 e. The van der Waals surface area contributed by atoms with Gasteiger partial charge in [0, 0.05) is 5.69 Å². The Morgan fingerprint density at radius 3 is 1.93 bits per heavy atom. The molecule has 3 aromatic rings. The zero-order valence-electron chi connectivity index (χ0n) is 16.0. The topological polar surface area (TPSA) is 20.3 Å². The molecule has 0 aromatic heterocycles. The minimum absolute atomic E-state index is 0.208. The number of aryl methyl sites for hydroxylation is 1. The quantitative estimate of drug-likeness (QED) is 0.476. The van der Waals surface area contributed by atoms with E-state index in [1.54, 1.807) is 0 Å². The van der Waals surface area contributed by atoms with Crippen LogP contribution in [0.1, 0.15) is 22.3 Å². The normalized spacial score (nSPS) is 14.6. The molecule has 0 unspecified atom stereocenters. The summed E-state index contributed by atoms with van der Waals surface area (Å²) >= 11 is 0. The van der Waals surface area contributed by atoms with Crippen molar-refractivity contribution in [2.75, 3.05) is 11.4 Å². The van der Waals surface area contributed by atoms with E-state index in [1.165, 1.54) is 41.3 Å². The maximum absolute atomic E-state index is 13.4. The Morgan fingerprint density at radius 2 is 1.37 bits per heavy atom. The fourth-order valence-electron chi connectivity index (χ4n) is 3.52. The summed E-state index contributed by atoms with van der Waals surface area (Å²) in [5, 5.41) is 0. The van der Waals surface area contributed by atoms with Gasteiger partial charge >= 0.3 is 6.18 Å². The summed E-state index contributed by atoms with van der Waals surface area (Å²) in [6, 6.07) is 17.8. The van der Waals surface area contributed by atoms with Crippen molar-refractivity contribution in [2.45, 2.75) is 13.1 Å². The van der Waals surface area contributed by atoms with Crippen molar-refractivity contribution in [3.8, 4) is 0 Å². The molecule has 0 bridgehead atoms. The number of carbonyl (C=O) groups excluding carboxylic acids is 1. The fraction of sp³-hybridized carbons (Fsp3) is 0.125. The third-order valence-electron chi connectivity index (χ3n) is 5.12. The Balaban J connectivity index is 1.77. The van der Waals surface area contributed by atoms with E-state index in [1.807, 2.05) is 31.2 Å². The Labute approximate surface area is 171 Å². The average Bonchev–Trinajstić information content (AvgIpc) is 3.06. The van der Waals surface area contributed by atoms with Gasteiger partial charge in [0.25, 0.3) is 5.91 Å². The first-order valence-electron chi connectivity index (χ1n) is 9.29. The van der Waals surface area contributed by atoms with Crippen molar-refractivity contribution in [3.63, 3.8) is 0 Å². The number of rotatable bonds is 3. The van der Waals surface area contributed by atoms with Gasteiger partial charge in [-0.25, -0.2) is 4.39 Å². The lowest BCUT2D eigenvalue weighted by atomic mass is 9.96. The molecule has 1 heterocycles. The highest BCUT2D eigenvalue weighted by Crippen LogP contribution is 2.38. The van der Waals surface area contributed by atoms with Gasteiger partial charge in [0.05, 0.1) is 17.7 Å². The number of alkyl halides is 3. The lowest BCUT2D eigenvalue weighted by Gasteiger charge is -2.18. The lowest BCUT2D eigenvalue weighted by Crippen LogP contribution is -2.26. The maximum atomic E-state index is 13.4. The molecular formula is C24H17F4NO. The number of benzene rings is 3. The summed E-state index contributed by atoms with van der Waals surface area (Å²) in [6.45, 7) is 2.16. The number of hydrogen-bond acceptors (Lipinski definition) is 1. The van der Waals surface area contributed by atoms with Crippen molar-refractivity contribution in [1.29, 1.82) is 0 Å². The molecule has 1 amide bonds. The highest BCUT2D eigenvalue weighted by atomic mass is 19.4. The predicted molar refractivity (Wildman–Crippen MR) is 108 cm³/mol. The van der Waals surface area contributed by atoms with Crippen molar-refractivity contribution in [3.05, 3.63) is 101 Å². The number of nitrogens with zero attached hydrogens (tertiary/aromatic N) is 1. The van der Waals surface area contributed by atoms with Gasteiger partial charge in [-0.1, -0.05) is 42.0 Å². The molecule has 0 spiro atoms. The minimum atomic E-state index is -4.45. The second kappa shape index (κ2) is 7.44. The van der Waals surface area contributed by atoms with Crippen LogP contribution in [-0.2, 0) is 11.0 Å². The monoisotopic (exact) mass is 411 g/mol. The molecular weight excluding hydrogens is 394 g/mol. The third-order valence-corrected chi connectivity index (χ3v) is 5.12. The van der Waals surface area contributed by atoms with Gasteiger partial charge in [-0.05, 0) is 60.0 Å². The molecule has 0 fully saturated rings. The summed E-state index contributed by atoms with van der Waals surface area (Å²) in [7, 11) is 0. The molecule has 6 heteroatoms. The van der Waals surface area contributed by atoms with E-state index in [2.05, 4.69) is 0 Å². The van der Waals surface area contributed by atoms with Gasteiger partial charge in [-0.15, -0.1) is 0 Å². The third kappa shape index (κ3) is 3.73. The number of amides is 1. The molecule has 0 aliphatic carbocycles. The first kappa shape index (κ1) is 19.9. The molecule has 0 saturated carbocycles. The van der Waals surface area contributed by atoms with Crippen LogP contribution in [0.5, 0.6) is 0 Å². The highest BCUT2D eigenvalue weighted by Gasteiger charge is 2.34. The lowest BCUT2D eigenvalue weighted by molar-refractivity contribution is -0.137. The van der Waals surface area contributed by atoms with Crippen molar-refractivity contribution >= 4 is 22.7 Å². The largest absolute Gasteiger partial charge is 0.416 e. The van der Waals surface area contributed by atoms with Crippen LogP contribution in [0.15, 0.2) is 72.8 Å². The molecule has 3 aromatic carbocycles. The van der Waals surface area contributed by atoms with Crippen molar-refractivity contribution in [2.24, 2.45) is 0 Å². The first-order chi connectivity index (χ1) is 14.2. The highest BCUT2D eigenvalue weighted by molar-refractivity contribution is 6.36. The summed E-state index contributed by atoms with van der Waals surface area (Å²) in [6.07, 6.45) is -4.45. The number of hydrogen-bond donors (Lipinski definition) is 0. The van der Waals surface area contributed by atoms with Gasteiger partial charge < -0.3 is 4.90 Å². The van der Waals surface area contributed by atoms with Crippen LogP contribution in [-0.4, -0.2) is 12.5 Å². The Hall–Kier alpha value is -3.41. The summed E-state index contributed by atoms with van der Waals surface area (Å²) in [4.78, 5) is 14.7. The molecule has 1 aliphatic heterocycles. The van der Waals surface area contributed by atoms with Gasteiger partial charge in [-0.2, -0.15) is 13.2 Å². The molecule has 30 heavy (non-hydrogen) atoms. The number of halogens is 4. The Morgan fingerprint density at radius 1 is 0.800 bits per heavy atom. The second-order valence-electron chi connectivity index (χ2n) is 7.16. The first-order valence-corrected chi connectivity index (χ1v) is 9.29. The van der Waals surface area contributed by atoms with E-state index in [4.69, 9.17) is 0 Å². The number of anilines is 1. The predicted octanol–water partition coefficient (Wildman–Crippen LogP) is 6.11. The van der Waals surface area contributed by atoms with E-state index in [0.717, 1.165) is 28.8 Å². The van der Waals surface area contributed by atoms with E-state index < -0.39 is 17.6 Å². The second-order valence-corrected chi connectivity index (χ2v) is 7.16. The number of carbonyl (C=O) groups is 1. The molecule has 0 radical (unpaired) electrons. The Bertz CT molecular complexity index is 1110. The SMILES string of the molecule is Cc1ccc(C2=C(c3ccc(F)cc3)C(=O)N(c3ccc(C(F)(F)F)cc3)C2)cc1. The summed E-state index contributed by atoms with van der Waals surface area (Å²) in [5.41, 5.74) is 3.21. The van der Waals surface area contributed by atoms with Gasteiger partial charge in [0.1, 0.15) is 5.82 Å². The maximum Gasteiger partial charge on any atom is 0.416 e. The van der Waals surface area contributed by atoms with Gasteiger partial charge in [0.2, 0.25) is 0 Å². The van der Waals surface area contributed by atoms with Gasteiger partial charge in [0.15, 0.2) is 0 Å². The van der Waals surface area contributed by atoms with Crippen LogP contribution in [0.25, 0.3) is 11.1 Å². The van der Waals surface area contributed by atoms with Crippen molar-refractivity contribution in [1.82, 2.24) is 0 Å². The van der Waals surface area contributed by atoms with Crippen LogP contribution >= 0.6 is 0 Å². The summed E-state index contributed by atoms with van der Waals surface area (Å²) < 4.78 is 52.1. The summed E-state index contributed by atoms with van der Waals surface area (Å²) in [5.74, 6) is -0.752. The Kier molecular flexibility index (Phi) is 4.94. The fourth-order valence-corrected chi connectivity index (χ4v) is 3.52. The van der Waals surface area contributed by atoms with Crippen molar-refractivity contribution < 1.29 is 22.4 Å². The molecule has 0 N–H and O–H groups in total. The molecule has 0 saturated heterocycles. The molecule has 2 nitrogen and oxygen atoms in total. The molecule has 1 aliphatic rings.